The highest BCUT2D eigenvalue weighted by atomic mass is 31.1. The number of rotatable bonds is 10. The van der Waals surface area contributed by atoms with E-state index in [-0.39, 0.29) is 0 Å². The lowest BCUT2D eigenvalue weighted by Gasteiger charge is -2.17. The van der Waals surface area contributed by atoms with Gasteiger partial charge in [0.1, 0.15) is 0 Å². The molecule has 1 aliphatic rings. The summed E-state index contributed by atoms with van der Waals surface area (Å²) in [5.41, 5.74) is 1.04. The van der Waals surface area contributed by atoms with Crippen LogP contribution in [0.25, 0.3) is 0 Å². The van der Waals surface area contributed by atoms with E-state index < -0.39 is 0 Å². The Labute approximate surface area is 149 Å². The molecule has 1 radical (unpaired) electrons. The number of unbranched alkanes of at least 4 members (excludes halogenated alkanes) is 7. The van der Waals surface area contributed by atoms with Crippen LogP contribution in [0.1, 0.15) is 129 Å². The van der Waals surface area contributed by atoms with Crippen LogP contribution in [0.15, 0.2) is 0 Å². The van der Waals surface area contributed by atoms with Crippen LogP contribution in [-0.4, -0.2) is 11.8 Å². The lowest BCUT2D eigenvalue weighted by atomic mass is 10.0. The first-order valence-electron chi connectivity index (χ1n) is 11.1. The Morgan fingerprint density at radius 2 is 1.00 bits per heavy atom. The van der Waals surface area contributed by atoms with Gasteiger partial charge in [-0.25, -0.2) is 0 Å². The molecule has 0 N–H and O–H groups in total. The van der Waals surface area contributed by atoms with E-state index in [0.717, 1.165) is 5.66 Å². The molecule has 0 heterocycles. The third kappa shape index (κ3) is 14.5. The van der Waals surface area contributed by atoms with E-state index in [2.05, 4.69) is 6.92 Å². The Hall–Kier alpha value is 0.430. The summed E-state index contributed by atoms with van der Waals surface area (Å²) in [7, 11) is 1.80. The van der Waals surface area contributed by atoms with E-state index in [0.29, 0.717) is 0 Å². The van der Waals surface area contributed by atoms with Gasteiger partial charge in [0.2, 0.25) is 0 Å². The van der Waals surface area contributed by atoms with Gasteiger partial charge in [0.25, 0.3) is 0 Å². The van der Waals surface area contributed by atoms with Gasteiger partial charge in [-0.3, -0.25) is 0 Å². The molecule has 0 atom stereocenters. The molecule has 0 amide bonds. The lowest BCUT2D eigenvalue weighted by molar-refractivity contribution is 0.508. The van der Waals surface area contributed by atoms with Gasteiger partial charge in [-0.05, 0) is 31.1 Å². The molecule has 0 aromatic rings. The molecule has 1 fully saturated rings. The van der Waals surface area contributed by atoms with Crippen LogP contribution in [0.2, 0.25) is 0 Å². The Bertz CT molecular complexity index is 214. The van der Waals surface area contributed by atoms with E-state index in [9.17, 15) is 0 Å². The van der Waals surface area contributed by atoms with Crippen molar-refractivity contribution in [3.8, 4) is 0 Å². The van der Waals surface area contributed by atoms with E-state index in [1.54, 1.807) is 8.58 Å². The van der Waals surface area contributed by atoms with Crippen LogP contribution in [-0.2, 0) is 0 Å². The summed E-state index contributed by atoms with van der Waals surface area (Å²) in [5, 5.41) is 0. The van der Waals surface area contributed by atoms with Gasteiger partial charge in [0, 0.05) is 0 Å². The molecule has 0 unspecified atom stereocenters. The zero-order valence-corrected chi connectivity index (χ0v) is 17.1. The Kier molecular flexibility index (Phi) is 16.1. The molecular formula is C22H44P. The first kappa shape index (κ1) is 21.5. The zero-order chi connectivity index (χ0) is 16.4. The molecule has 0 aliphatic heterocycles. The summed E-state index contributed by atoms with van der Waals surface area (Å²) in [6.07, 6.45) is 29.8. The molecule has 0 nitrogen and oxygen atoms in total. The van der Waals surface area contributed by atoms with Gasteiger partial charge >= 0.3 is 0 Å². The zero-order valence-electron chi connectivity index (χ0n) is 16.2. The van der Waals surface area contributed by atoms with E-state index >= 15 is 0 Å². The SMILES string of the molecule is CCCCCCCCCC[P]C1CCCCCCCCCCC1. The summed E-state index contributed by atoms with van der Waals surface area (Å²) in [4.78, 5) is 0. The molecular weight excluding hydrogens is 295 g/mol. The first-order chi connectivity index (χ1) is 11.4. The van der Waals surface area contributed by atoms with Gasteiger partial charge in [0.15, 0.2) is 0 Å². The maximum absolute atomic E-state index is 2.31. The fraction of sp³-hybridized carbons (Fsp3) is 1.00. The lowest BCUT2D eigenvalue weighted by Crippen LogP contribution is -2.03. The summed E-state index contributed by atoms with van der Waals surface area (Å²) in [6.45, 7) is 2.31. The highest BCUT2D eigenvalue weighted by molar-refractivity contribution is 7.38. The number of hydrogen-bond donors (Lipinski definition) is 0. The third-order valence-electron chi connectivity index (χ3n) is 5.47. The van der Waals surface area contributed by atoms with Crippen molar-refractivity contribution in [3.05, 3.63) is 0 Å². The van der Waals surface area contributed by atoms with Crippen molar-refractivity contribution in [2.75, 3.05) is 6.16 Å². The van der Waals surface area contributed by atoms with Gasteiger partial charge < -0.3 is 0 Å². The minimum atomic E-state index is 1.04. The van der Waals surface area contributed by atoms with Crippen LogP contribution in [0, 0.1) is 0 Å². The van der Waals surface area contributed by atoms with Crippen molar-refractivity contribution in [1.29, 1.82) is 0 Å². The van der Waals surface area contributed by atoms with Crippen molar-refractivity contribution in [2.45, 2.75) is 135 Å². The minimum absolute atomic E-state index is 1.04. The average Bonchev–Trinajstić information content (AvgIpc) is 2.55. The van der Waals surface area contributed by atoms with Crippen LogP contribution in [0.3, 0.4) is 0 Å². The molecule has 0 bridgehead atoms. The quantitative estimate of drug-likeness (QED) is 0.275. The smallest absolute Gasteiger partial charge is 0.0170 e. The van der Waals surface area contributed by atoms with Crippen LogP contribution < -0.4 is 0 Å². The van der Waals surface area contributed by atoms with Crippen LogP contribution in [0.5, 0.6) is 0 Å². The maximum Gasteiger partial charge on any atom is -0.0170 e. The van der Waals surface area contributed by atoms with E-state index in [1.165, 1.54) is 128 Å². The molecule has 1 rings (SSSR count). The fourth-order valence-corrected chi connectivity index (χ4v) is 5.35. The van der Waals surface area contributed by atoms with Crippen LogP contribution >= 0.6 is 8.58 Å². The molecule has 0 aromatic heterocycles. The number of hydrogen-bond acceptors (Lipinski definition) is 0. The minimum Gasteiger partial charge on any atom is -0.0775 e. The Morgan fingerprint density at radius 1 is 0.565 bits per heavy atom. The molecule has 23 heavy (non-hydrogen) atoms. The second-order valence-corrected chi connectivity index (χ2v) is 9.34. The first-order valence-corrected chi connectivity index (χ1v) is 12.2. The largest absolute Gasteiger partial charge is 0.0775 e. The van der Waals surface area contributed by atoms with Gasteiger partial charge in [-0.15, -0.1) is 0 Å². The predicted octanol–water partition coefficient (Wildman–Crippen LogP) is 8.75. The molecule has 0 spiro atoms. The molecule has 137 valence electrons. The van der Waals surface area contributed by atoms with Gasteiger partial charge in [0.05, 0.1) is 0 Å². The summed E-state index contributed by atoms with van der Waals surface area (Å²) < 4.78 is 0. The topological polar surface area (TPSA) is 0 Å². The summed E-state index contributed by atoms with van der Waals surface area (Å²) >= 11 is 0. The third-order valence-corrected chi connectivity index (χ3v) is 7.08. The molecule has 0 saturated heterocycles. The van der Waals surface area contributed by atoms with Crippen molar-refractivity contribution >= 4 is 8.58 Å². The van der Waals surface area contributed by atoms with Crippen molar-refractivity contribution in [1.82, 2.24) is 0 Å². The molecule has 1 aliphatic carbocycles. The normalized spacial score (nSPS) is 19.7. The second kappa shape index (κ2) is 17.3. The van der Waals surface area contributed by atoms with Crippen LogP contribution in [0.4, 0.5) is 0 Å². The van der Waals surface area contributed by atoms with Crippen molar-refractivity contribution in [2.24, 2.45) is 0 Å². The Balaban J connectivity index is 1.99. The van der Waals surface area contributed by atoms with Gasteiger partial charge in [-0.2, -0.15) is 0 Å². The molecule has 1 heteroatoms. The highest BCUT2D eigenvalue weighted by Gasteiger charge is 2.09. The van der Waals surface area contributed by atoms with Crippen molar-refractivity contribution < 1.29 is 0 Å². The second-order valence-electron chi connectivity index (χ2n) is 7.79. The van der Waals surface area contributed by atoms with E-state index in [4.69, 9.17) is 0 Å². The Morgan fingerprint density at radius 3 is 1.52 bits per heavy atom. The summed E-state index contributed by atoms with van der Waals surface area (Å²) in [6, 6.07) is 0. The predicted molar refractivity (Wildman–Crippen MR) is 109 cm³/mol. The van der Waals surface area contributed by atoms with E-state index in [1.807, 2.05) is 0 Å². The standard InChI is InChI=1S/C22H44P/c1-2-3-4-5-6-12-15-18-21-23-22-19-16-13-10-8-7-9-11-14-17-20-22/h22H,2-21H2,1H3. The maximum atomic E-state index is 2.31. The average molecular weight is 340 g/mol. The molecule has 1 saturated carbocycles. The van der Waals surface area contributed by atoms with Gasteiger partial charge in [-0.1, -0.05) is 118 Å². The summed E-state index contributed by atoms with van der Waals surface area (Å²) in [5.74, 6) is 0. The van der Waals surface area contributed by atoms with Crippen molar-refractivity contribution in [3.63, 3.8) is 0 Å². The highest BCUT2D eigenvalue weighted by Crippen LogP contribution is 2.31. The molecule has 0 aromatic carbocycles. The fourth-order valence-electron chi connectivity index (χ4n) is 3.84. The monoisotopic (exact) mass is 339 g/mol.